The van der Waals surface area contributed by atoms with Crippen LogP contribution in [0.3, 0.4) is 0 Å². The van der Waals surface area contributed by atoms with Crippen molar-refractivity contribution in [2.75, 3.05) is 50.2 Å². The van der Waals surface area contributed by atoms with E-state index >= 15 is 0 Å². The lowest BCUT2D eigenvalue weighted by Crippen LogP contribution is -2.36. The molecule has 0 unspecified atom stereocenters. The SMILES string of the molecule is COc1ccc(N2CCOCC2)c2sc(NC(=O)NCCCCCCC(=O)NO)nc12. The Morgan fingerprint density at radius 3 is 2.74 bits per heavy atom. The zero-order chi connectivity index (χ0) is 22.1. The molecule has 3 amide bonds. The number of rotatable bonds is 10. The fraction of sp³-hybridized carbons (Fsp3) is 0.550. The van der Waals surface area contributed by atoms with E-state index in [2.05, 4.69) is 20.5 Å². The summed E-state index contributed by atoms with van der Waals surface area (Å²) in [6.07, 6.45) is 3.57. The molecular weight excluding hydrogens is 422 g/mol. The zero-order valence-corrected chi connectivity index (χ0v) is 18.4. The van der Waals surface area contributed by atoms with Gasteiger partial charge < -0.3 is 19.7 Å². The molecule has 0 radical (unpaired) electrons. The fourth-order valence-corrected chi connectivity index (χ4v) is 4.42. The molecule has 1 aliphatic heterocycles. The Labute approximate surface area is 184 Å². The highest BCUT2D eigenvalue weighted by Crippen LogP contribution is 2.39. The average Bonchev–Trinajstić information content (AvgIpc) is 3.21. The van der Waals surface area contributed by atoms with E-state index in [0.29, 0.717) is 43.5 Å². The van der Waals surface area contributed by atoms with E-state index in [9.17, 15) is 9.59 Å². The standard InChI is InChI=1S/C20H29N5O5S/c1-29-15-8-7-14(25-10-12-30-13-11-25)18-17(15)22-20(31-18)23-19(27)21-9-5-3-2-4-6-16(26)24-28/h7-8,28H,2-6,9-13H2,1H3,(H,24,26)(H2,21,22,23,27). The zero-order valence-electron chi connectivity index (χ0n) is 17.6. The lowest BCUT2D eigenvalue weighted by Gasteiger charge is -2.29. The van der Waals surface area contributed by atoms with Crippen molar-refractivity contribution in [1.82, 2.24) is 15.8 Å². The van der Waals surface area contributed by atoms with Gasteiger partial charge in [0.1, 0.15) is 11.3 Å². The number of benzene rings is 1. The van der Waals surface area contributed by atoms with Crippen LogP contribution in [0.5, 0.6) is 5.75 Å². The normalized spacial score (nSPS) is 13.8. The summed E-state index contributed by atoms with van der Waals surface area (Å²) >= 11 is 1.43. The maximum Gasteiger partial charge on any atom is 0.321 e. The molecule has 2 aromatic rings. The summed E-state index contributed by atoms with van der Waals surface area (Å²) < 4.78 is 11.9. The number of hydroxylamine groups is 1. The number of thiazole rings is 1. The molecule has 2 heterocycles. The maximum absolute atomic E-state index is 12.3. The van der Waals surface area contributed by atoms with Gasteiger partial charge in [0.25, 0.3) is 0 Å². The van der Waals surface area contributed by atoms with E-state index in [1.54, 1.807) is 12.6 Å². The molecule has 0 spiro atoms. The second-order valence-electron chi connectivity index (χ2n) is 7.16. The summed E-state index contributed by atoms with van der Waals surface area (Å²) in [5.74, 6) is 0.299. The Balaban J connectivity index is 1.52. The molecule has 1 aromatic carbocycles. The van der Waals surface area contributed by atoms with Crippen molar-refractivity contribution in [2.45, 2.75) is 32.1 Å². The number of fused-ring (bicyclic) bond motifs is 1. The predicted octanol–water partition coefficient (Wildman–Crippen LogP) is 2.72. The number of morpholine rings is 1. The Bertz CT molecular complexity index is 884. The first-order valence-electron chi connectivity index (χ1n) is 10.4. The number of nitrogens with one attached hydrogen (secondary N) is 3. The van der Waals surface area contributed by atoms with Crippen LogP contribution in [0, 0.1) is 0 Å². The molecule has 11 heteroatoms. The molecule has 1 aliphatic rings. The maximum atomic E-state index is 12.3. The van der Waals surface area contributed by atoms with Crippen LogP contribution in [-0.4, -0.2) is 62.1 Å². The van der Waals surface area contributed by atoms with E-state index in [1.165, 1.54) is 11.3 Å². The molecule has 10 nitrogen and oxygen atoms in total. The molecule has 1 fully saturated rings. The van der Waals surface area contributed by atoms with Crippen LogP contribution in [-0.2, 0) is 9.53 Å². The second-order valence-corrected chi connectivity index (χ2v) is 8.16. The number of methoxy groups -OCH3 is 1. The van der Waals surface area contributed by atoms with Crippen molar-refractivity contribution in [1.29, 1.82) is 0 Å². The number of carbonyl (C=O) groups is 2. The van der Waals surface area contributed by atoms with Gasteiger partial charge in [0.2, 0.25) is 5.91 Å². The highest BCUT2D eigenvalue weighted by atomic mass is 32.1. The third-order valence-electron chi connectivity index (χ3n) is 5.02. The number of hydrogen-bond acceptors (Lipinski definition) is 8. The van der Waals surface area contributed by atoms with Gasteiger partial charge in [-0.25, -0.2) is 15.3 Å². The third-order valence-corrected chi connectivity index (χ3v) is 6.01. The fourth-order valence-electron chi connectivity index (χ4n) is 3.40. The van der Waals surface area contributed by atoms with Crippen molar-refractivity contribution in [3.05, 3.63) is 12.1 Å². The van der Waals surface area contributed by atoms with E-state index in [4.69, 9.17) is 14.7 Å². The van der Waals surface area contributed by atoms with Gasteiger partial charge in [0.05, 0.1) is 30.7 Å². The molecule has 1 saturated heterocycles. The number of amides is 3. The van der Waals surface area contributed by atoms with Crippen LogP contribution >= 0.6 is 11.3 Å². The molecule has 0 atom stereocenters. The third kappa shape index (κ3) is 6.42. The lowest BCUT2D eigenvalue weighted by atomic mass is 10.1. The van der Waals surface area contributed by atoms with Crippen LogP contribution in [0.15, 0.2) is 12.1 Å². The van der Waals surface area contributed by atoms with Gasteiger partial charge in [-0.3, -0.25) is 15.3 Å². The van der Waals surface area contributed by atoms with Crippen LogP contribution < -0.4 is 25.8 Å². The molecule has 0 saturated carbocycles. The minimum Gasteiger partial charge on any atom is -0.494 e. The monoisotopic (exact) mass is 451 g/mol. The summed E-state index contributed by atoms with van der Waals surface area (Å²) in [6, 6.07) is 3.63. The first-order chi connectivity index (χ1) is 15.1. The number of nitrogens with zero attached hydrogens (tertiary/aromatic N) is 2. The molecule has 0 bridgehead atoms. The van der Waals surface area contributed by atoms with Gasteiger partial charge in [-0.1, -0.05) is 24.2 Å². The van der Waals surface area contributed by atoms with Crippen molar-refractivity contribution in [2.24, 2.45) is 0 Å². The number of unbranched alkanes of at least 4 members (excludes halogenated alkanes) is 3. The minimum absolute atomic E-state index is 0.300. The van der Waals surface area contributed by atoms with Gasteiger partial charge in [-0.05, 0) is 25.0 Å². The molecular formula is C20H29N5O5S. The van der Waals surface area contributed by atoms with Crippen molar-refractivity contribution < 1.29 is 24.3 Å². The lowest BCUT2D eigenvalue weighted by molar-refractivity contribution is -0.129. The summed E-state index contributed by atoms with van der Waals surface area (Å²) in [5.41, 5.74) is 3.42. The van der Waals surface area contributed by atoms with E-state index in [0.717, 1.165) is 48.3 Å². The van der Waals surface area contributed by atoms with Crippen LogP contribution in [0.4, 0.5) is 15.6 Å². The van der Waals surface area contributed by atoms with Crippen molar-refractivity contribution in [3.8, 4) is 5.75 Å². The quantitative estimate of drug-likeness (QED) is 0.249. The Morgan fingerprint density at radius 1 is 1.23 bits per heavy atom. The Hall–Kier alpha value is -2.63. The highest BCUT2D eigenvalue weighted by molar-refractivity contribution is 7.23. The number of hydrogen-bond donors (Lipinski definition) is 4. The number of carbonyl (C=O) groups excluding carboxylic acids is 2. The number of anilines is 2. The molecule has 170 valence electrons. The molecule has 31 heavy (non-hydrogen) atoms. The van der Waals surface area contributed by atoms with Crippen molar-refractivity contribution in [3.63, 3.8) is 0 Å². The van der Waals surface area contributed by atoms with Crippen LogP contribution in [0.1, 0.15) is 32.1 Å². The largest absolute Gasteiger partial charge is 0.494 e. The number of urea groups is 1. The van der Waals surface area contributed by atoms with Gasteiger partial charge in [0.15, 0.2) is 5.13 Å². The van der Waals surface area contributed by atoms with Gasteiger partial charge >= 0.3 is 6.03 Å². The van der Waals surface area contributed by atoms with Gasteiger partial charge in [-0.2, -0.15) is 0 Å². The summed E-state index contributed by atoms with van der Waals surface area (Å²) in [5, 5.41) is 14.6. The Morgan fingerprint density at radius 2 is 2.00 bits per heavy atom. The summed E-state index contributed by atoms with van der Waals surface area (Å²) in [7, 11) is 1.61. The van der Waals surface area contributed by atoms with Gasteiger partial charge in [-0.15, -0.1) is 0 Å². The smallest absolute Gasteiger partial charge is 0.321 e. The topological polar surface area (TPSA) is 125 Å². The first-order valence-corrected chi connectivity index (χ1v) is 11.2. The number of aromatic nitrogens is 1. The molecule has 1 aromatic heterocycles. The van der Waals surface area contributed by atoms with E-state index < -0.39 is 0 Å². The molecule has 3 rings (SSSR count). The van der Waals surface area contributed by atoms with Crippen LogP contribution in [0.2, 0.25) is 0 Å². The highest BCUT2D eigenvalue weighted by Gasteiger charge is 2.19. The molecule has 4 N–H and O–H groups in total. The van der Waals surface area contributed by atoms with E-state index in [-0.39, 0.29) is 11.9 Å². The minimum atomic E-state index is -0.373. The van der Waals surface area contributed by atoms with Crippen LogP contribution in [0.25, 0.3) is 10.2 Å². The van der Waals surface area contributed by atoms with Crippen molar-refractivity contribution >= 4 is 44.3 Å². The molecule has 0 aliphatic carbocycles. The van der Waals surface area contributed by atoms with E-state index in [1.807, 2.05) is 12.1 Å². The predicted molar refractivity (Wildman–Crippen MR) is 119 cm³/mol. The first kappa shape index (κ1) is 23.0. The Kier molecular flexibility index (Phi) is 8.68. The second kappa shape index (κ2) is 11.7. The average molecular weight is 452 g/mol. The number of ether oxygens (including phenoxy) is 2. The van der Waals surface area contributed by atoms with Gasteiger partial charge in [0, 0.05) is 26.1 Å². The summed E-state index contributed by atoms with van der Waals surface area (Å²) in [4.78, 5) is 30.0. The summed E-state index contributed by atoms with van der Waals surface area (Å²) in [6.45, 7) is 3.54.